The fraction of sp³-hybridized carbons (Fsp3) is 0.750. The maximum Gasteiger partial charge on any atom is 0.299 e. The van der Waals surface area contributed by atoms with Crippen LogP contribution in [0.4, 0.5) is 4.79 Å². The molecule has 2 amide bonds. The van der Waals surface area contributed by atoms with Crippen molar-refractivity contribution in [3.05, 3.63) is 0 Å². The largest absolute Gasteiger partial charge is 0.299 e. The van der Waals surface area contributed by atoms with Crippen LogP contribution in [0.2, 0.25) is 0 Å². The molecule has 0 radical (unpaired) electrons. The Labute approximate surface area is 86.8 Å². The first-order chi connectivity index (χ1) is 5.81. The lowest BCUT2D eigenvalue weighted by Gasteiger charge is -2.22. The molecule has 1 atom stereocenters. The van der Waals surface area contributed by atoms with Crippen molar-refractivity contribution in [1.82, 2.24) is 4.31 Å². The molecule has 0 aliphatic carbocycles. The van der Waals surface area contributed by atoms with E-state index < -0.39 is 0 Å². The van der Waals surface area contributed by atoms with Gasteiger partial charge in [0, 0.05) is 4.75 Å². The molecule has 3 nitrogen and oxygen atoms in total. The Hall–Kier alpha value is -0.160. The number of hydrogen-bond donors (Lipinski definition) is 0. The molecule has 5 heteroatoms. The molecule has 0 saturated carbocycles. The summed E-state index contributed by atoms with van der Waals surface area (Å²) in [7, 11) is 0. The van der Waals surface area contributed by atoms with Gasteiger partial charge in [-0.25, -0.2) is 4.31 Å². The van der Waals surface area contributed by atoms with E-state index in [-0.39, 0.29) is 21.1 Å². The topological polar surface area (TPSA) is 37.4 Å². The van der Waals surface area contributed by atoms with E-state index in [9.17, 15) is 9.59 Å². The number of amides is 2. The highest BCUT2D eigenvalue weighted by Crippen LogP contribution is 2.37. The highest BCUT2D eigenvalue weighted by molar-refractivity contribution is 8.17. The fourth-order valence-electron chi connectivity index (χ4n) is 0.861. The summed E-state index contributed by atoms with van der Waals surface area (Å²) in [6.07, 6.45) is 0. The van der Waals surface area contributed by atoms with Crippen molar-refractivity contribution in [2.75, 3.05) is 0 Å². The third-order valence-corrected chi connectivity index (χ3v) is 3.49. The van der Waals surface area contributed by atoms with Crippen molar-refractivity contribution in [3.8, 4) is 0 Å². The lowest BCUT2D eigenvalue weighted by molar-refractivity contribution is -0.122. The number of carbonyl (C=O) groups excluding carboxylic acids is 2. The number of carbonyl (C=O) groups is 2. The maximum atomic E-state index is 11.5. The van der Waals surface area contributed by atoms with E-state index in [1.165, 1.54) is 16.3 Å². The summed E-state index contributed by atoms with van der Waals surface area (Å²) in [6.45, 7) is 7.69. The summed E-state index contributed by atoms with van der Waals surface area (Å²) < 4.78 is 1.17. The Balaban J connectivity index is 2.70. The van der Waals surface area contributed by atoms with Gasteiger partial charge in [-0.3, -0.25) is 9.59 Å². The first kappa shape index (κ1) is 10.9. The van der Waals surface area contributed by atoms with E-state index >= 15 is 0 Å². The minimum absolute atomic E-state index is 0.0880. The summed E-state index contributed by atoms with van der Waals surface area (Å²) in [5.74, 6) is -0.0880. The molecule has 1 unspecified atom stereocenters. The molecule has 0 aromatic carbocycles. The highest BCUT2D eigenvalue weighted by Gasteiger charge is 2.39. The first-order valence-corrected chi connectivity index (χ1v) is 5.70. The van der Waals surface area contributed by atoms with Gasteiger partial charge < -0.3 is 0 Å². The molecular weight excluding hydrogens is 206 g/mol. The van der Waals surface area contributed by atoms with Crippen LogP contribution in [-0.4, -0.2) is 25.4 Å². The summed E-state index contributed by atoms with van der Waals surface area (Å²) in [5.41, 5.74) is 0. The Bertz CT molecular complexity index is 247. The molecule has 74 valence electrons. The second kappa shape index (κ2) is 3.53. The van der Waals surface area contributed by atoms with Crippen LogP contribution in [0.1, 0.15) is 27.7 Å². The van der Waals surface area contributed by atoms with Crippen molar-refractivity contribution < 1.29 is 9.59 Å². The quantitative estimate of drug-likeness (QED) is 0.635. The molecule has 1 rings (SSSR count). The van der Waals surface area contributed by atoms with Crippen molar-refractivity contribution >= 4 is 34.9 Å². The van der Waals surface area contributed by atoms with Gasteiger partial charge in [0.2, 0.25) is 0 Å². The molecule has 1 saturated heterocycles. The van der Waals surface area contributed by atoms with E-state index in [1.807, 2.05) is 20.8 Å². The van der Waals surface area contributed by atoms with Gasteiger partial charge >= 0.3 is 0 Å². The Kier molecular flexibility index (Phi) is 2.97. The van der Waals surface area contributed by atoms with Crippen molar-refractivity contribution in [2.24, 2.45) is 0 Å². The highest BCUT2D eigenvalue weighted by atomic mass is 32.2. The SMILES string of the molecule is CC1SC(=O)N(SC(C)(C)C)C1=O. The van der Waals surface area contributed by atoms with Crippen LogP contribution >= 0.6 is 23.7 Å². The lowest BCUT2D eigenvalue weighted by atomic mass is 10.3. The zero-order valence-corrected chi connectivity index (χ0v) is 9.79. The van der Waals surface area contributed by atoms with Gasteiger partial charge in [0.1, 0.15) is 0 Å². The van der Waals surface area contributed by atoms with Crippen LogP contribution in [0.5, 0.6) is 0 Å². The van der Waals surface area contributed by atoms with Crippen molar-refractivity contribution in [2.45, 2.75) is 37.7 Å². The van der Waals surface area contributed by atoms with Gasteiger partial charge in [0.25, 0.3) is 11.1 Å². The summed E-state index contributed by atoms with van der Waals surface area (Å²) >= 11 is 2.39. The molecular formula is C8H13NO2S2. The third kappa shape index (κ3) is 2.64. The predicted molar refractivity (Wildman–Crippen MR) is 56.6 cm³/mol. The van der Waals surface area contributed by atoms with Gasteiger partial charge in [-0.05, 0) is 39.6 Å². The molecule has 0 aromatic rings. The van der Waals surface area contributed by atoms with E-state index in [2.05, 4.69) is 0 Å². The second-order valence-electron chi connectivity index (χ2n) is 3.86. The first-order valence-electron chi connectivity index (χ1n) is 4.05. The van der Waals surface area contributed by atoms with Crippen LogP contribution in [0.25, 0.3) is 0 Å². The summed E-state index contributed by atoms with van der Waals surface area (Å²) in [4.78, 5) is 22.8. The number of thioether (sulfide) groups is 1. The van der Waals surface area contributed by atoms with E-state index in [0.29, 0.717) is 0 Å². The molecule has 1 fully saturated rings. The fourth-order valence-corrected chi connectivity index (χ4v) is 2.73. The standard InChI is InChI=1S/C8H13NO2S2/c1-5-6(10)9(7(11)12-5)13-8(2,3)4/h5H,1-4H3. The van der Waals surface area contributed by atoms with Crippen LogP contribution < -0.4 is 0 Å². The zero-order valence-electron chi connectivity index (χ0n) is 8.16. The molecule has 0 bridgehead atoms. The number of nitrogens with zero attached hydrogens (tertiary/aromatic N) is 1. The summed E-state index contributed by atoms with van der Waals surface area (Å²) in [5, 5.41) is -0.361. The molecule has 1 heterocycles. The van der Waals surface area contributed by atoms with Crippen LogP contribution in [0.15, 0.2) is 0 Å². The van der Waals surface area contributed by atoms with Crippen molar-refractivity contribution in [1.29, 1.82) is 0 Å². The molecule has 13 heavy (non-hydrogen) atoms. The van der Waals surface area contributed by atoms with Gasteiger partial charge in [-0.15, -0.1) is 0 Å². The second-order valence-corrected chi connectivity index (χ2v) is 6.93. The van der Waals surface area contributed by atoms with Crippen LogP contribution in [0, 0.1) is 0 Å². The van der Waals surface area contributed by atoms with E-state index in [0.717, 1.165) is 11.8 Å². The Morgan fingerprint density at radius 1 is 1.38 bits per heavy atom. The average molecular weight is 219 g/mol. The Morgan fingerprint density at radius 3 is 2.23 bits per heavy atom. The maximum absolute atomic E-state index is 11.5. The molecule has 0 spiro atoms. The molecule has 0 aromatic heterocycles. The van der Waals surface area contributed by atoms with Gasteiger partial charge in [0.05, 0.1) is 5.25 Å². The lowest BCUT2D eigenvalue weighted by Crippen LogP contribution is -2.29. The van der Waals surface area contributed by atoms with Gasteiger partial charge in [-0.1, -0.05) is 11.8 Å². The van der Waals surface area contributed by atoms with Crippen molar-refractivity contribution in [3.63, 3.8) is 0 Å². The normalized spacial score (nSPS) is 24.3. The summed E-state index contributed by atoms with van der Waals surface area (Å²) in [6, 6.07) is 0. The van der Waals surface area contributed by atoms with E-state index in [4.69, 9.17) is 0 Å². The minimum atomic E-state index is -0.220. The van der Waals surface area contributed by atoms with Gasteiger partial charge in [-0.2, -0.15) is 0 Å². The minimum Gasteiger partial charge on any atom is -0.272 e. The third-order valence-electron chi connectivity index (χ3n) is 1.36. The molecule has 1 aliphatic heterocycles. The number of hydrogen-bond acceptors (Lipinski definition) is 4. The predicted octanol–water partition coefficient (Wildman–Crippen LogP) is 2.52. The monoisotopic (exact) mass is 219 g/mol. The van der Waals surface area contributed by atoms with Crippen LogP contribution in [0.3, 0.4) is 0 Å². The Morgan fingerprint density at radius 2 is 1.92 bits per heavy atom. The van der Waals surface area contributed by atoms with E-state index in [1.54, 1.807) is 6.92 Å². The number of rotatable bonds is 1. The number of imide groups is 1. The van der Waals surface area contributed by atoms with Gasteiger partial charge in [0.15, 0.2) is 0 Å². The smallest absolute Gasteiger partial charge is 0.272 e. The zero-order chi connectivity index (χ0) is 10.2. The molecule has 1 aliphatic rings. The molecule has 0 N–H and O–H groups in total. The average Bonchev–Trinajstić information content (AvgIpc) is 2.14. The van der Waals surface area contributed by atoms with Crippen LogP contribution in [-0.2, 0) is 4.79 Å².